The van der Waals surface area contributed by atoms with Gasteiger partial charge in [0.05, 0.1) is 0 Å². The Hall–Kier alpha value is -0.310. The van der Waals surface area contributed by atoms with E-state index in [-0.39, 0.29) is 0 Å². The van der Waals surface area contributed by atoms with Gasteiger partial charge in [-0.05, 0) is 50.7 Å². The highest BCUT2D eigenvalue weighted by atomic mass is 32.1. The van der Waals surface area contributed by atoms with Gasteiger partial charge in [0.1, 0.15) is 0 Å². The standard InChI is InChI=1S/C11H22N2S/c1-7(2)12-11(14)13-10-6-5-8(3)9(10)4/h7-10H,5-6H2,1-4H3,(H2,12,13,14). The Kier molecular flexibility index (Phi) is 4.17. The lowest BCUT2D eigenvalue weighted by atomic mass is 9.98. The van der Waals surface area contributed by atoms with Crippen molar-refractivity contribution in [1.29, 1.82) is 0 Å². The molecule has 3 heteroatoms. The second-order valence-electron chi connectivity index (χ2n) is 4.79. The zero-order chi connectivity index (χ0) is 10.7. The summed E-state index contributed by atoms with van der Waals surface area (Å²) in [6, 6.07) is 0.993. The molecule has 1 fully saturated rings. The molecule has 0 bridgehead atoms. The maximum Gasteiger partial charge on any atom is 0.166 e. The summed E-state index contributed by atoms with van der Waals surface area (Å²) < 4.78 is 0. The van der Waals surface area contributed by atoms with E-state index in [9.17, 15) is 0 Å². The predicted octanol–water partition coefficient (Wildman–Crippen LogP) is 2.29. The SMILES string of the molecule is CC(C)NC(=S)NC1CCC(C)C1C. The molecule has 3 unspecified atom stereocenters. The van der Waals surface area contributed by atoms with Crippen molar-refractivity contribution in [3.05, 3.63) is 0 Å². The molecule has 3 atom stereocenters. The molecule has 0 aromatic heterocycles. The van der Waals surface area contributed by atoms with Gasteiger partial charge in [-0.1, -0.05) is 13.8 Å². The van der Waals surface area contributed by atoms with Crippen LogP contribution in [0.4, 0.5) is 0 Å². The molecule has 82 valence electrons. The second kappa shape index (κ2) is 4.96. The summed E-state index contributed by atoms with van der Waals surface area (Å²) in [7, 11) is 0. The lowest BCUT2D eigenvalue weighted by Crippen LogP contribution is -2.45. The van der Waals surface area contributed by atoms with E-state index in [2.05, 4.69) is 38.3 Å². The Morgan fingerprint density at radius 2 is 1.93 bits per heavy atom. The number of hydrogen-bond acceptors (Lipinski definition) is 1. The summed E-state index contributed by atoms with van der Waals surface area (Å²) in [4.78, 5) is 0. The molecule has 2 nitrogen and oxygen atoms in total. The third-order valence-corrected chi connectivity index (χ3v) is 3.44. The largest absolute Gasteiger partial charge is 0.361 e. The van der Waals surface area contributed by atoms with Crippen molar-refractivity contribution in [2.24, 2.45) is 11.8 Å². The van der Waals surface area contributed by atoms with E-state index in [1.54, 1.807) is 0 Å². The Morgan fingerprint density at radius 3 is 2.36 bits per heavy atom. The van der Waals surface area contributed by atoms with Crippen LogP contribution in [0.2, 0.25) is 0 Å². The van der Waals surface area contributed by atoms with Gasteiger partial charge in [-0.3, -0.25) is 0 Å². The van der Waals surface area contributed by atoms with Crippen LogP contribution in [-0.2, 0) is 0 Å². The lowest BCUT2D eigenvalue weighted by molar-refractivity contribution is 0.401. The summed E-state index contributed by atoms with van der Waals surface area (Å²) in [5.74, 6) is 1.57. The van der Waals surface area contributed by atoms with Gasteiger partial charge in [-0.15, -0.1) is 0 Å². The molecular weight excluding hydrogens is 192 g/mol. The van der Waals surface area contributed by atoms with Gasteiger partial charge in [0.15, 0.2) is 5.11 Å². The minimum atomic E-state index is 0.420. The van der Waals surface area contributed by atoms with Gasteiger partial charge in [0, 0.05) is 12.1 Å². The van der Waals surface area contributed by atoms with Crippen LogP contribution in [0.25, 0.3) is 0 Å². The fourth-order valence-corrected chi connectivity index (χ4v) is 2.43. The van der Waals surface area contributed by atoms with E-state index < -0.39 is 0 Å². The quantitative estimate of drug-likeness (QED) is 0.690. The van der Waals surface area contributed by atoms with Crippen LogP contribution in [0, 0.1) is 11.8 Å². The highest BCUT2D eigenvalue weighted by Crippen LogP contribution is 2.30. The molecule has 0 heterocycles. The fraction of sp³-hybridized carbons (Fsp3) is 0.909. The molecular formula is C11H22N2S. The number of thiocarbonyl (C=S) groups is 1. The molecule has 0 aromatic carbocycles. The zero-order valence-corrected chi connectivity index (χ0v) is 10.4. The second-order valence-corrected chi connectivity index (χ2v) is 5.20. The van der Waals surface area contributed by atoms with Gasteiger partial charge < -0.3 is 10.6 Å². The third-order valence-electron chi connectivity index (χ3n) is 3.20. The first kappa shape index (κ1) is 11.8. The smallest absolute Gasteiger partial charge is 0.166 e. The molecule has 0 amide bonds. The van der Waals surface area contributed by atoms with Crippen LogP contribution in [0.3, 0.4) is 0 Å². The van der Waals surface area contributed by atoms with Crippen molar-refractivity contribution in [3.8, 4) is 0 Å². The number of hydrogen-bond donors (Lipinski definition) is 2. The van der Waals surface area contributed by atoms with E-state index in [0.29, 0.717) is 12.1 Å². The highest BCUT2D eigenvalue weighted by Gasteiger charge is 2.29. The monoisotopic (exact) mass is 214 g/mol. The topological polar surface area (TPSA) is 24.1 Å². The predicted molar refractivity (Wildman–Crippen MR) is 65.4 cm³/mol. The van der Waals surface area contributed by atoms with Crippen LogP contribution in [0.5, 0.6) is 0 Å². The van der Waals surface area contributed by atoms with Crippen LogP contribution >= 0.6 is 12.2 Å². The lowest BCUT2D eigenvalue weighted by Gasteiger charge is -2.22. The molecule has 14 heavy (non-hydrogen) atoms. The van der Waals surface area contributed by atoms with E-state index in [4.69, 9.17) is 12.2 Å². The number of rotatable bonds is 2. The fourth-order valence-electron chi connectivity index (χ4n) is 2.04. The molecule has 1 rings (SSSR count). The Labute approximate surface area is 92.8 Å². The van der Waals surface area contributed by atoms with Gasteiger partial charge in [-0.2, -0.15) is 0 Å². The molecule has 1 aliphatic rings. The van der Waals surface area contributed by atoms with Crippen molar-refractivity contribution < 1.29 is 0 Å². The molecule has 0 saturated heterocycles. The first-order valence-electron chi connectivity index (χ1n) is 5.57. The third kappa shape index (κ3) is 3.12. The Balaban J connectivity index is 2.34. The molecule has 1 aliphatic carbocycles. The molecule has 0 spiro atoms. The average molecular weight is 214 g/mol. The molecule has 0 radical (unpaired) electrons. The minimum absolute atomic E-state index is 0.420. The Morgan fingerprint density at radius 1 is 1.29 bits per heavy atom. The zero-order valence-electron chi connectivity index (χ0n) is 9.63. The first-order valence-corrected chi connectivity index (χ1v) is 5.98. The molecule has 2 N–H and O–H groups in total. The van der Waals surface area contributed by atoms with E-state index >= 15 is 0 Å². The van der Waals surface area contributed by atoms with Crippen molar-refractivity contribution in [2.75, 3.05) is 0 Å². The van der Waals surface area contributed by atoms with Gasteiger partial charge in [0.2, 0.25) is 0 Å². The highest BCUT2D eigenvalue weighted by molar-refractivity contribution is 7.80. The van der Waals surface area contributed by atoms with Crippen LogP contribution in [0.15, 0.2) is 0 Å². The first-order chi connectivity index (χ1) is 6.50. The van der Waals surface area contributed by atoms with Gasteiger partial charge in [0.25, 0.3) is 0 Å². The van der Waals surface area contributed by atoms with E-state index in [0.717, 1.165) is 16.9 Å². The van der Waals surface area contributed by atoms with E-state index in [1.807, 2.05) is 0 Å². The summed E-state index contributed by atoms with van der Waals surface area (Å²) in [5, 5.41) is 7.45. The summed E-state index contributed by atoms with van der Waals surface area (Å²) in [5.41, 5.74) is 0. The summed E-state index contributed by atoms with van der Waals surface area (Å²) in [6.07, 6.45) is 2.57. The van der Waals surface area contributed by atoms with E-state index in [1.165, 1.54) is 12.8 Å². The van der Waals surface area contributed by atoms with Crippen molar-refractivity contribution in [3.63, 3.8) is 0 Å². The Bertz CT molecular complexity index is 203. The molecule has 1 saturated carbocycles. The summed E-state index contributed by atoms with van der Waals surface area (Å²) in [6.45, 7) is 8.85. The van der Waals surface area contributed by atoms with Gasteiger partial charge in [-0.25, -0.2) is 0 Å². The summed E-state index contributed by atoms with van der Waals surface area (Å²) >= 11 is 5.24. The van der Waals surface area contributed by atoms with Crippen LogP contribution < -0.4 is 10.6 Å². The van der Waals surface area contributed by atoms with Crippen LogP contribution in [-0.4, -0.2) is 17.2 Å². The van der Waals surface area contributed by atoms with Crippen molar-refractivity contribution in [2.45, 2.75) is 52.6 Å². The van der Waals surface area contributed by atoms with Crippen molar-refractivity contribution >= 4 is 17.3 Å². The average Bonchev–Trinajstić information content (AvgIpc) is 2.34. The number of nitrogens with one attached hydrogen (secondary N) is 2. The molecule has 0 aliphatic heterocycles. The maximum atomic E-state index is 5.24. The normalized spacial score (nSPS) is 31.9. The molecule has 0 aromatic rings. The van der Waals surface area contributed by atoms with Crippen LogP contribution in [0.1, 0.15) is 40.5 Å². The minimum Gasteiger partial charge on any atom is -0.361 e. The van der Waals surface area contributed by atoms with Gasteiger partial charge >= 0.3 is 0 Å². The maximum absolute atomic E-state index is 5.24. The van der Waals surface area contributed by atoms with Crippen molar-refractivity contribution in [1.82, 2.24) is 10.6 Å².